The summed E-state index contributed by atoms with van der Waals surface area (Å²) in [4.78, 5) is 2.24. The summed E-state index contributed by atoms with van der Waals surface area (Å²) in [5.41, 5.74) is 7.08. The summed E-state index contributed by atoms with van der Waals surface area (Å²) >= 11 is 4.81. The molecule has 1 aliphatic rings. The Morgan fingerprint density at radius 2 is 2.00 bits per heavy atom. The van der Waals surface area contributed by atoms with Crippen molar-refractivity contribution < 1.29 is 4.39 Å². The first kappa shape index (κ1) is 12.1. The highest BCUT2D eigenvalue weighted by molar-refractivity contribution is 7.80. The number of hydrogen-bond donors (Lipinski definition) is 2. The van der Waals surface area contributed by atoms with Crippen molar-refractivity contribution in [1.29, 1.82) is 0 Å². The summed E-state index contributed by atoms with van der Waals surface area (Å²) < 4.78 is 13.2. The van der Waals surface area contributed by atoms with Gasteiger partial charge in [0.05, 0.1) is 11.4 Å². The van der Waals surface area contributed by atoms with Crippen LogP contribution < -0.4 is 16.0 Å². The number of thiocarbonyl (C=S) groups is 1. The van der Waals surface area contributed by atoms with E-state index in [0.29, 0.717) is 5.69 Å². The van der Waals surface area contributed by atoms with E-state index < -0.39 is 0 Å². The van der Waals surface area contributed by atoms with Crippen LogP contribution in [0.1, 0.15) is 19.3 Å². The number of hydrogen-bond acceptors (Lipinski definition) is 2. The molecule has 0 aliphatic carbocycles. The lowest BCUT2D eigenvalue weighted by molar-refractivity contribution is 0.577. The number of nitrogens with zero attached hydrogens (tertiary/aromatic N) is 1. The molecule has 0 amide bonds. The average molecular weight is 253 g/mol. The van der Waals surface area contributed by atoms with Gasteiger partial charge < -0.3 is 16.0 Å². The van der Waals surface area contributed by atoms with Crippen LogP contribution in [0, 0.1) is 5.82 Å². The molecule has 0 unspecified atom stereocenters. The Kier molecular flexibility index (Phi) is 3.78. The molecule has 0 aromatic heterocycles. The van der Waals surface area contributed by atoms with E-state index >= 15 is 0 Å². The van der Waals surface area contributed by atoms with Gasteiger partial charge in [-0.1, -0.05) is 0 Å². The van der Waals surface area contributed by atoms with Gasteiger partial charge in [-0.3, -0.25) is 0 Å². The first-order valence-corrected chi connectivity index (χ1v) is 6.18. The molecule has 1 fully saturated rings. The zero-order valence-electron chi connectivity index (χ0n) is 9.58. The van der Waals surface area contributed by atoms with Gasteiger partial charge in [-0.15, -0.1) is 0 Å². The fourth-order valence-electron chi connectivity index (χ4n) is 2.15. The monoisotopic (exact) mass is 253 g/mol. The number of benzene rings is 1. The third-order valence-corrected chi connectivity index (χ3v) is 3.02. The van der Waals surface area contributed by atoms with Crippen LogP contribution in [0.2, 0.25) is 0 Å². The highest BCUT2D eigenvalue weighted by atomic mass is 32.1. The van der Waals surface area contributed by atoms with Gasteiger partial charge in [0.25, 0.3) is 0 Å². The topological polar surface area (TPSA) is 41.3 Å². The highest BCUT2D eigenvalue weighted by Crippen LogP contribution is 2.29. The van der Waals surface area contributed by atoms with Crippen molar-refractivity contribution in [2.45, 2.75) is 19.3 Å². The quantitative estimate of drug-likeness (QED) is 0.795. The van der Waals surface area contributed by atoms with Crippen LogP contribution in [-0.4, -0.2) is 18.2 Å². The van der Waals surface area contributed by atoms with Crippen LogP contribution in [0.3, 0.4) is 0 Å². The minimum absolute atomic E-state index is 0.161. The third kappa shape index (κ3) is 3.06. The van der Waals surface area contributed by atoms with Crippen molar-refractivity contribution in [2.24, 2.45) is 5.73 Å². The molecular formula is C12H16FN3S. The molecule has 0 radical (unpaired) electrons. The third-order valence-electron chi connectivity index (χ3n) is 2.91. The largest absolute Gasteiger partial charge is 0.376 e. The Hall–Kier alpha value is -1.36. The van der Waals surface area contributed by atoms with Gasteiger partial charge in [0.1, 0.15) is 5.82 Å². The summed E-state index contributed by atoms with van der Waals surface area (Å²) in [7, 11) is 0. The first-order chi connectivity index (χ1) is 8.16. The van der Waals surface area contributed by atoms with E-state index in [9.17, 15) is 4.39 Å². The maximum atomic E-state index is 13.2. The second-order valence-electron chi connectivity index (χ2n) is 4.20. The van der Waals surface area contributed by atoms with Gasteiger partial charge in [0.15, 0.2) is 5.11 Å². The van der Waals surface area contributed by atoms with E-state index in [2.05, 4.69) is 10.2 Å². The standard InChI is InChI=1S/C12H16FN3S/c13-9-4-5-11(10(8-9)15-12(14)17)16-6-2-1-3-7-16/h4-5,8H,1-3,6-7H2,(H3,14,15,17). The minimum atomic E-state index is -0.287. The van der Waals surface area contributed by atoms with Crippen LogP contribution in [-0.2, 0) is 0 Å². The Labute approximate surface area is 106 Å². The van der Waals surface area contributed by atoms with Crippen molar-refractivity contribution in [3.8, 4) is 0 Å². The molecule has 1 aromatic carbocycles. The lowest BCUT2D eigenvalue weighted by Gasteiger charge is -2.30. The number of nitrogens with one attached hydrogen (secondary N) is 1. The molecule has 1 aromatic rings. The molecule has 3 nitrogen and oxygen atoms in total. The predicted octanol–water partition coefficient (Wildman–Crippen LogP) is 2.47. The molecule has 0 spiro atoms. The van der Waals surface area contributed by atoms with E-state index in [1.807, 2.05) is 0 Å². The lowest BCUT2D eigenvalue weighted by atomic mass is 10.1. The van der Waals surface area contributed by atoms with Gasteiger partial charge in [0, 0.05) is 13.1 Å². The molecule has 0 bridgehead atoms. The molecular weight excluding hydrogens is 237 g/mol. The average Bonchev–Trinajstić information content (AvgIpc) is 2.29. The SMILES string of the molecule is NC(=S)Nc1cc(F)ccc1N1CCCCC1. The van der Waals surface area contributed by atoms with Crippen molar-refractivity contribution in [3.05, 3.63) is 24.0 Å². The van der Waals surface area contributed by atoms with Crippen LogP contribution in [0.5, 0.6) is 0 Å². The Bertz CT molecular complexity index is 416. The van der Waals surface area contributed by atoms with Gasteiger partial charge in [-0.05, 0) is 49.7 Å². The molecule has 2 rings (SSSR count). The number of halogens is 1. The highest BCUT2D eigenvalue weighted by Gasteiger charge is 2.15. The number of rotatable bonds is 2. The zero-order chi connectivity index (χ0) is 12.3. The van der Waals surface area contributed by atoms with Crippen LogP contribution in [0.4, 0.5) is 15.8 Å². The minimum Gasteiger partial charge on any atom is -0.376 e. The maximum absolute atomic E-state index is 13.2. The summed E-state index contributed by atoms with van der Waals surface area (Å²) in [5.74, 6) is -0.287. The van der Waals surface area contributed by atoms with Crippen LogP contribution in [0.15, 0.2) is 18.2 Å². The molecule has 1 heterocycles. The second kappa shape index (κ2) is 5.31. The van der Waals surface area contributed by atoms with Gasteiger partial charge in [-0.2, -0.15) is 0 Å². The molecule has 3 N–H and O–H groups in total. The van der Waals surface area contributed by atoms with Crippen LogP contribution >= 0.6 is 12.2 Å². The number of anilines is 2. The fourth-order valence-corrected chi connectivity index (χ4v) is 2.26. The van der Waals surface area contributed by atoms with E-state index in [1.54, 1.807) is 6.07 Å². The van der Waals surface area contributed by atoms with E-state index in [4.69, 9.17) is 18.0 Å². The number of nitrogens with two attached hydrogens (primary N) is 1. The van der Waals surface area contributed by atoms with Crippen molar-refractivity contribution in [1.82, 2.24) is 0 Å². The number of piperidine rings is 1. The molecule has 0 saturated carbocycles. The van der Waals surface area contributed by atoms with Crippen molar-refractivity contribution in [3.63, 3.8) is 0 Å². The Morgan fingerprint density at radius 3 is 2.65 bits per heavy atom. The summed E-state index contributed by atoms with van der Waals surface area (Å²) in [6.45, 7) is 2.00. The van der Waals surface area contributed by atoms with Gasteiger partial charge in [-0.25, -0.2) is 4.39 Å². The summed E-state index contributed by atoms with van der Waals surface area (Å²) in [6.07, 6.45) is 3.60. The van der Waals surface area contributed by atoms with E-state index in [0.717, 1.165) is 18.8 Å². The predicted molar refractivity (Wildman–Crippen MR) is 72.9 cm³/mol. The summed E-state index contributed by atoms with van der Waals surface area (Å²) in [5, 5.41) is 3.00. The van der Waals surface area contributed by atoms with Crippen LogP contribution in [0.25, 0.3) is 0 Å². The maximum Gasteiger partial charge on any atom is 0.168 e. The second-order valence-corrected chi connectivity index (χ2v) is 4.64. The van der Waals surface area contributed by atoms with Gasteiger partial charge >= 0.3 is 0 Å². The van der Waals surface area contributed by atoms with E-state index in [1.165, 1.54) is 31.4 Å². The molecule has 0 atom stereocenters. The summed E-state index contributed by atoms with van der Waals surface area (Å²) in [6, 6.07) is 4.68. The smallest absolute Gasteiger partial charge is 0.168 e. The Morgan fingerprint density at radius 1 is 1.29 bits per heavy atom. The zero-order valence-corrected chi connectivity index (χ0v) is 10.4. The molecule has 5 heteroatoms. The molecule has 1 saturated heterocycles. The molecule has 17 heavy (non-hydrogen) atoms. The fraction of sp³-hybridized carbons (Fsp3) is 0.417. The van der Waals surface area contributed by atoms with Crippen molar-refractivity contribution >= 4 is 28.7 Å². The van der Waals surface area contributed by atoms with E-state index in [-0.39, 0.29) is 10.9 Å². The molecule has 92 valence electrons. The first-order valence-electron chi connectivity index (χ1n) is 5.78. The van der Waals surface area contributed by atoms with Gasteiger partial charge in [0.2, 0.25) is 0 Å². The molecule has 1 aliphatic heterocycles. The lowest BCUT2D eigenvalue weighted by Crippen LogP contribution is -2.31. The van der Waals surface area contributed by atoms with Crippen molar-refractivity contribution in [2.75, 3.05) is 23.3 Å². The Balaban J connectivity index is 2.27. The normalized spacial score (nSPS) is 15.7.